The van der Waals surface area contributed by atoms with Gasteiger partial charge in [0.1, 0.15) is 0 Å². The van der Waals surface area contributed by atoms with Crippen molar-refractivity contribution in [1.29, 1.82) is 0 Å². The highest BCUT2D eigenvalue weighted by molar-refractivity contribution is 7.80. The van der Waals surface area contributed by atoms with Gasteiger partial charge in [-0.15, -0.1) is 0 Å². The van der Waals surface area contributed by atoms with E-state index in [1.165, 1.54) is 6.42 Å². The Kier molecular flexibility index (Phi) is 6.15. The first kappa shape index (κ1) is 13.2. The molecule has 4 nitrogen and oxygen atoms in total. The Hall–Kier alpha value is -0.840. The molecule has 0 atom stereocenters. The van der Waals surface area contributed by atoms with Gasteiger partial charge in [0, 0.05) is 32.6 Å². The Morgan fingerprint density at radius 1 is 1.25 bits per heavy atom. The quantitative estimate of drug-likeness (QED) is 0.719. The molecule has 0 saturated carbocycles. The molecule has 1 fully saturated rings. The van der Waals surface area contributed by atoms with Crippen LogP contribution in [0.25, 0.3) is 0 Å². The molecular weight excluding hydrogens is 222 g/mol. The lowest BCUT2D eigenvalue weighted by Crippen LogP contribution is -2.40. The lowest BCUT2D eigenvalue weighted by Gasteiger charge is -2.26. The van der Waals surface area contributed by atoms with Crippen LogP contribution in [0.3, 0.4) is 0 Å². The highest BCUT2D eigenvalue weighted by Gasteiger charge is 2.15. The van der Waals surface area contributed by atoms with Gasteiger partial charge < -0.3 is 15.5 Å². The van der Waals surface area contributed by atoms with Gasteiger partial charge in [-0.3, -0.25) is 4.79 Å². The molecule has 1 amide bonds. The molecule has 5 heteroatoms. The van der Waals surface area contributed by atoms with E-state index in [1.807, 2.05) is 11.8 Å². The molecule has 0 aromatic heterocycles. The van der Waals surface area contributed by atoms with Crippen molar-refractivity contribution in [3.8, 4) is 0 Å². The molecule has 2 N–H and O–H groups in total. The largest absolute Gasteiger partial charge is 0.363 e. The van der Waals surface area contributed by atoms with Crippen LogP contribution in [0.1, 0.15) is 32.6 Å². The summed E-state index contributed by atoms with van der Waals surface area (Å²) in [5, 5.41) is 6.65. The zero-order chi connectivity index (χ0) is 11.8. The molecule has 1 heterocycles. The van der Waals surface area contributed by atoms with E-state index in [9.17, 15) is 4.79 Å². The van der Waals surface area contributed by atoms with Gasteiger partial charge in [-0.25, -0.2) is 0 Å². The van der Waals surface area contributed by atoms with Crippen molar-refractivity contribution in [2.75, 3.05) is 26.2 Å². The first-order chi connectivity index (χ1) is 7.74. The minimum atomic E-state index is 0.242. The molecule has 0 bridgehead atoms. The van der Waals surface area contributed by atoms with Crippen molar-refractivity contribution < 1.29 is 4.79 Å². The molecule has 0 aromatic carbocycles. The fourth-order valence-electron chi connectivity index (χ4n) is 1.81. The molecule has 0 radical (unpaired) electrons. The van der Waals surface area contributed by atoms with Crippen LogP contribution in [0.5, 0.6) is 0 Å². The van der Waals surface area contributed by atoms with E-state index in [-0.39, 0.29) is 5.91 Å². The van der Waals surface area contributed by atoms with Crippen molar-refractivity contribution >= 4 is 23.2 Å². The monoisotopic (exact) mass is 243 g/mol. The van der Waals surface area contributed by atoms with Crippen LogP contribution in [-0.2, 0) is 4.79 Å². The SMILES string of the molecule is CCNC(=S)NCCC(=O)N1CCCCC1. The highest BCUT2D eigenvalue weighted by Crippen LogP contribution is 2.09. The van der Waals surface area contributed by atoms with Gasteiger partial charge in [0.2, 0.25) is 5.91 Å². The maximum Gasteiger partial charge on any atom is 0.224 e. The minimum Gasteiger partial charge on any atom is -0.363 e. The van der Waals surface area contributed by atoms with Gasteiger partial charge in [-0.05, 0) is 38.4 Å². The molecule has 0 spiro atoms. The third-order valence-corrected chi connectivity index (χ3v) is 2.96. The van der Waals surface area contributed by atoms with Crippen LogP contribution in [0.15, 0.2) is 0 Å². The zero-order valence-corrected chi connectivity index (χ0v) is 10.7. The minimum absolute atomic E-state index is 0.242. The molecule has 0 aliphatic carbocycles. The maximum absolute atomic E-state index is 11.8. The first-order valence-electron chi connectivity index (χ1n) is 6.03. The van der Waals surface area contributed by atoms with Crippen LogP contribution in [0.4, 0.5) is 0 Å². The van der Waals surface area contributed by atoms with Crippen LogP contribution >= 0.6 is 12.2 Å². The van der Waals surface area contributed by atoms with E-state index < -0.39 is 0 Å². The third-order valence-electron chi connectivity index (χ3n) is 2.67. The van der Waals surface area contributed by atoms with Crippen molar-refractivity contribution in [3.63, 3.8) is 0 Å². The number of rotatable bonds is 4. The lowest BCUT2D eigenvalue weighted by molar-refractivity contribution is -0.131. The standard InChI is InChI=1S/C11H21N3OS/c1-2-12-11(16)13-7-6-10(15)14-8-4-3-5-9-14/h2-9H2,1H3,(H2,12,13,16). The summed E-state index contributed by atoms with van der Waals surface area (Å²) in [5.41, 5.74) is 0. The van der Waals surface area contributed by atoms with Crippen LogP contribution in [0, 0.1) is 0 Å². The Morgan fingerprint density at radius 3 is 2.56 bits per heavy atom. The Balaban J connectivity index is 2.12. The number of thiocarbonyl (C=S) groups is 1. The molecule has 92 valence electrons. The summed E-state index contributed by atoms with van der Waals surface area (Å²) in [6, 6.07) is 0. The average molecular weight is 243 g/mol. The molecule has 1 aliphatic rings. The fourth-order valence-corrected chi connectivity index (χ4v) is 2.05. The Morgan fingerprint density at radius 2 is 1.94 bits per heavy atom. The lowest BCUT2D eigenvalue weighted by atomic mass is 10.1. The van der Waals surface area contributed by atoms with E-state index >= 15 is 0 Å². The molecule has 1 saturated heterocycles. The third kappa shape index (κ3) is 4.79. The summed E-state index contributed by atoms with van der Waals surface area (Å²) in [5.74, 6) is 0.242. The Bertz CT molecular complexity index is 239. The molecule has 16 heavy (non-hydrogen) atoms. The number of hydrogen-bond donors (Lipinski definition) is 2. The van der Waals surface area contributed by atoms with Crippen molar-refractivity contribution in [2.45, 2.75) is 32.6 Å². The summed E-state index contributed by atoms with van der Waals surface area (Å²) in [4.78, 5) is 13.7. The number of piperidine rings is 1. The van der Waals surface area contributed by atoms with Gasteiger partial charge in [-0.1, -0.05) is 0 Å². The van der Waals surface area contributed by atoms with Crippen molar-refractivity contribution in [3.05, 3.63) is 0 Å². The van der Waals surface area contributed by atoms with Gasteiger partial charge in [0.15, 0.2) is 5.11 Å². The highest BCUT2D eigenvalue weighted by atomic mass is 32.1. The summed E-state index contributed by atoms with van der Waals surface area (Å²) >= 11 is 5.01. The molecule has 0 unspecified atom stereocenters. The molecule has 1 rings (SSSR count). The second-order valence-electron chi connectivity index (χ2n) is 3.98. The first-order valence-corrected chi connectivity index (χ1v) is 6.44. The fraction of sp³-hybridized carbons (Fsp3) is 0.818. The number of carbonyl (C=O) groups is 1. The number of hydrogen-bond acceptors (Lipinski definition) is 2. The summed E-state index contributed by atoms with van der Waals surface area (Å²) in [7, 11) is 0. The van der Waals surface area contributed by atoms with E-state index in [4.69, 9.17) is 12.2 Å². The number of likely N-dealkylation sites (tertiary alicyclic amines) is 1. The summed E-state index contributed by atoms with van der Waals surface area (Å²) in [6.07, 6.45) is 4.09. The smallest absolute Gasteiger partial charge is 0.224 e. The Labute approximate surface area is 103 Å². The van der Waals surface area contributed by atoms with E-state index in [2.05, 4.69) is 10.6 Å². The number of amides is 1. The van der Waals surface area contributed by atoms with Crippen LogP contribution in [-0.4, -0.2) is 42.1 Å². The van der Waals surface area contributed by atoms with Crippen LogP contribution < -0.4 is 10.6 Å². The number of nitrogens with zero attached hydrogens (tertiary/aromatic N) is 1. The topological polar surface area (TPSA) is 44.4 Å². The number of nitrogens with one attached hydrogen (secondary N) is 2. The van der Waals surface area contributed by atoms with Gasteiger partial charge in [0.25, 0.3) is 0 Å². The normalized spacial score (nSPS) is 15.7. The summed E-state index contributed by atoms with van der Waals surface area (Å²) in [6.45, 7) is 5.28. The predicted octanol–water partition coefficient (Wildman–Crippen LogP) is 0.873. The average Bonchev–Trinajstić information content (AvgIpc) is 2.30. The molecular formula is C11H21N3OS. The maximum atomic E-state index is 11.8. The number of carbonyl (C=O) groups excluding carboxylic acids is 1. The van der Waals surface area contributed by atoms with Crippen LogP contribution in [0.2, 0.25) is 0 Å². The van der Waals surface area contributed by atoms with Crippen molar-refractivity contribution in [1.82, 2.24) is 15.5 Å². The second-order valence-corrected chi connectivity index (χ2v) is 4.39. The van der Waals surface area contributed by atoms with E-state index in [1.54, 1.807) is 0 Å². The van der Waals surface area contributed by atoms with E-state index in [0.29, 0.717) is 18.1 Å². The predicted molar refractivity (Wildman–Crippen MR) is 69.3 cm³/mol. The second kappa shape index (κ2) is 7.44. The molecule has 1 aliphatic heterocycles. The summed E-state index contributed by atoms with van der Waals surface area (Å²) < 4.78 is 0. The zero-order valence-electron chi connectivity index (χ0n) is 9.92. The van der Waals surface area contributed by atoms with Gasteiger partial charge in [0.05, 0.1) is 0 Å². The van der Waals surface area contributed by atoms with Gasteiger partial charge in [-0.2, -0.15) is 0 Å². The van der Waals surface area contributed by atoms with E-state index in [0.717, 1.165) is 32.5 Å². The molecule has 0 aromatic rings. The van der Waals surface area contributed by atoms with Crippen molar-refractivity contribution in [2.24, 2.45) is 0 Å². The van der Waals surface area contributed by atoms with Gasteiger partial charge >= 0.3 is 0 Å².